The average Bonchev–Trinajstić information content (AvgIpc) is 2.76. The van der Waals surface area contributed by atoms with Crippen LogP contribution in [0.15, 0.2) is 22.9 Å². The summed E-state index contributed by atoms with van der Waals surface area (Å²) in [5, 5.41) is 13.1. The van der Waals surface area contributed by atoms with Gasteiger partial charge in [0.25, 0.3) is 0 Å². The number of nitrogens with zero attached hydrogens (tertiary/aromatic N) is 4. The largest absolute Gasteiger partial charge is 0.491 e. The maximum absolute atomic E-state index is 8.99. The number of hydrogen-bond donors (Lipinski definition) is 0. The lowest BCUT2D eigenvalue weighted by atomic mass is 10.2. The van der Waals surface area contributed by atoms with E-state index in [0.717, 1.165) is 22.3 Å². The number of hydrogen-bond acceptors (Lipinski definition) is 4. The minimum Gasteiger partial charge on any atom is -0.491 e. The van der Waals surface area contributed by atoms with Gasteiger partial charge in [0, 0.05) is 11.0 Å². The fourth-order valence-corrected chi connectivity index (χ4v) is 2.73. The number of fused-ring (bicyclic) bond motifs is 1. The third-order valence-corrected chi connectivity index (χ3v) is 3.89. The van der Waals surface area contributed by atoms with Gasteiger partial charge in [-0.2, -0.15) is 10.4 Å². The highest BCUT2D eigenvalue weighted by Gasteiger charge is 2.13. The van der Waals surface area contributed by atoms with Gasteiger partial charge in [-0.05, 0) is 41.5 Å². The number of halogens is 1. The Bertz CT molecular complexity index is 642. The molecule has 6 heteroatoms. The van der Waals surface area contributed by atoms with E-state index >= 15 is 0 Å². The molecule has 19 heavy (non-hydrogen) atoms. The van der Waals surface area contributed by atoms with Crippen molar-refractivity contribution in [3.63, 3.8) is 0 Å². The van der Waals surface area contributed by atoms with Crippen LogP contribution >= 0.6 is 15.9 Å². The van der Waals surface area contributed by atoms with Crippen molar-refractivity contribution < 1.29 is 4.74 Å². The first-order valence-corrected chi connectivity index (χ1v) is 6.99. The molecule has 0 aliphatic carbocycles. The fraction of sp³-hybridized carbons (Fsp3) is 0.385. The Morgan fingerprint density at radius 2 is 2.32 bits per heavy atom. The molecule has 1 aliphatic rings. The first-order valence-electron chi connectivity index (χ1n) is 6.20. The zero-order valence-corrected chi connectivity index (χ0v) is 11.9. The summed E-state index contributed by atoms with van der Waals surface area (Å²) in [5.41, 5.74) is 1.33. The molecule has 2 aromatic heterocycles. The molecule has 3 rings (SSSR count). The molecule has 98 valence electrons. The monoisotopic (exact) mass is 320 g/mol. The van der Waals surface area contributed by atoms with Gasteiger partial charge in [0.15, 0.2) is 0 Å². The van der Waals surface area contributed by atoms with E-state index in [1.54, 1.807) is 16.9 Å². The van der Waals surface area contributed by atoms with E-state index in [2.05, 4.69) is 32.0 Å². The minimum atomic E-state index is 0.555. The smallest absolute Gasteiger partial charge is 0.138 e. The van der Waals surface area contributed by atoms with Gasteiger partial charge in [-0.25, -0.2) is 4.52 Å². The van der Waals surface area contributed by atoms with Crippen molar-refractivity contribution in [3.8, 4) is 11.8 Å². The third-order valence-electron chi connectivity index (χ3n) is 3.29. The topological polar surface area (TPSA) is 53.6 Å². The lowest BCUT2D eigenvalue weighted by molar-refractivity contribution is 0.147. The van der Waals surface area contributed by atoms with Crippen molar-refractivity contribution >= 4 is 21.4 Å². The number of pyridine rings is 1. The molecule has 1 saturated heterocycles. The molecule has 0 radical (unpaired) electrons. The van der Waals surface area contributed by atoms with Gasteiger partial charge in [0.1, 0.15) is 18.4 Å². The van der Waals surface area contributed by atoms with E-state index < -0.39 is 0 Å². The number of likely N-dealkylation sites (tertiary alicyclic amines) is 1. The standard InChI is InChI=1S/C13H13BrN4O/c14-12-6-11(19-5-4-17-2-1-3-17)9-18-13(12)10(7-15)8-16-18/h6,8-9H,1-5H2. The average molecular weight is 321 g/mol. The van der Waals surface area contributed by atoms with Gasteiger partial charge in [-0.15, -0.1) is 0 Å². The van der Waals surface area contributed by atoms with Crippen LogP contribution in [0.25, 0.3) is 5.52 Å². The zero-order valence-electron chi connectivity index (χ0n) is 10.3. The maximum atomic E-state index is 8.99. The van der Waals surface area contributed by atoms with Gasteiger partial charge < -0.3 is 4.74 Å². The normalized spacial score (nSPS) is 15.2. The van der Waals surface area contributed by atoms with Crippen LogP contribution in [0.5, 0.6) is 5.75 Å². The highest BCUT2D eigenvalue weighted by Crippen LogP contribution is 2.26. The Labute approximate surface area is 119 Å². The van der Waals surface area contributed by atoms with E-state index in [1.165, 1.54) is 19.5 Å². The number of nitriles is 1. The van der Waals surface area contributed by atoms with Crippen molar-refractivity contribution in [2.24, 2.45) is 0 Å². The lowest BCUT2D eigenvalue weighted by Crippen LogP contribution is -2.39. The molecule has 0 bridgehead atoms. The summed E-state index contributed by atoms with van der Waals surface area (Å²) in [4.78, 5) is 2.36. The lowest BCUT2D eigenvalue weighted by Gasteiger charge is -2.30. The molecule has 0 spiro atoms. The molecule has 0 atom stereocenters. The van der Waals surface area contributed by atoms with E-state index in [4.69, 9.17) is 10.00 Å². The van der Waals surface area contributed by atoms with Crippen molar-refractivity contribution in [2.75, 3.05) is 26.2 Å². The molecule has 0 N–H and O–H groups in total. The number of rotatable bonds is 4. The highest BCUT2D eigenvalue weighted by molar-refractivity contribution is 9.10. The van der Waals surface area contributed by atoms with E-state index in [0.29, 0.717) is 12.2 Å². The van der Waals surface area contributed by atoms with E-state index in [9.17, 15) is 0 Å². The summed E-state index contributed by atoms with van der Waals surface area (Å²) in [7, 11) is 0. The summed E-state index contributed by atoms with van der Waals surface area (Å²) >= 11 is 3.46. The van der Waals surface area contributed by atoms with Gasteiger partial charge in [-0.1, -0.05) is 0 Å². The first-order chi connectivity index (χ1) is 9.28. The van der Waals surface area contributed by atoms with Crippen LogP contribution in [0.3, 0.4) is 0 Å². The quantitative estimate of drug-likeness (QED) is 0.865. The van der Waals surface area contributed by atoms with Crippen LogP contribution in [-0.4, -0.2) is 40.8 Å². The van der Waals surface area contributed by atoms with Crippen LogP contribution < -0.4 is 4.74 Å². The van der Waals surface area contributed by atoms with Crippen LogP contribution in [0.2, 0.25) is 0 Å². The second-order valence-corrected chi connectivity index (χ2v) is 5.38. The minimum absolute atomic E-state index is 0.555. The molecule has 0 amide bonds. The molecule has 3 heterocycles. The zero-order chi connectivity index (χ0) is 13.2. The van der Waals surface area contributed by atoms with E-state index in [1.807, 2.05) is 6.07 Å². The van der Waals surface area contributed by atoms with Crippen molar-refractivity contribution in [2.45, 2.75) is 6.42 Å². The molecule has 1 fully saturated rings. The van der Waals surface area contributed by atoms with Gasteiger partial charge in [0.2, 0.25) is 0 Å². The first kappa shape index (κ1) is 12.5. The summed E-state index contributed by atoms with van der Waals surface area (Å²) in [5.74, 6) is 0.757. The SMILES string of the molecule is N#Cc1cnn2cc(OCCN3CCC3)cc(Br)c12. The third kappa shape index (κ3) is 2.44. The maximum Gasteiger partial charge on any atom is 0.138 e. The van der Waals surface area contributed by atoms with Crippen LogP contribution in [0.4, 0.5) is 0 Å². The van der Waals surface area contributed by atoms with Gasteiger partial charge in [0.05, 0.1) is 23.5 Å². The fourth-order valence-electron chi connectivity index (χ4n) is 2.11. The molecule has 0 unspecified atom stereocenters. The summed E-state index contributed by atoms with van der Waals surface area (Å²) in [6, 6.07) is 4.01. The van der Waals surface area contributed by atoms with Crippen molar-refractivity contribution in [1.82, 2.24) is 14.5 Å². The Kier molecular flexibility index (Phi) is 3.40. The molecular formula is C13H13BrN4O. The van der Waals surface area contributed by atoms with Crippen LogP contribution in [0.1, 0.15) is 12.0 Å². The number of ether oxygens (including phenoxy) is 1. The molecule has 5 nitrogen and oxygen atoms in total. The molecule has 0 aromatic carbocycles. The predicted molar refractivity (Wildman–Crippen MR) is 74.2 cm³/mol. The summed E-state index contributed by atoms with van der Waals surface area (Å²) in [6.07, 6.45) is 4.66. The molecular weight excluding hydrogens is 308 g/mol. The Hall–Kier alpha value is -1.58. The number of aromatic nitrogens is 2. The summed E-state index contributed by atoms with van der Waals surface area (Å²) in [6.45, 7) is 3.98. The Morgan fingerprint density at radius 1 is 1.47 bits per heavy atom. The van der Waals surface area contributed by atoms with E-state index in [-0.39, 0.29) is 0 Å². The second kappa shape index (κ2) is 5.19. The van der Waals surface area contributed by atoms with Gasteiger partial charge in [-0.3, -0.25) is 4.90 Å². The Balaban J connectivity index is 1.75. The van der Waals surface area contributed by atoms with Crippen molar-refractivity contribution in [1.29, 1.82) is 5.26 Å². The van der Waals surface area contributed by atoms with Gasteiger partial charge >= 0.3 is 0 Å². The van der Waals surface area contributed by atoms with Crippen LogP contribution in [0, 0.1) is 11.3 Å². The molecule has 1 aliphatic heterocycles. The molecule has 0 saturated carbocycles. The second-order valence-electron chi connectivity index (χ2n) is 4.53. The predicted octanol–water partition coefficient (Wildman–Crippen LogP) is 2.05. The molecule has 2 aromatic rings. The Morgan fingerprint density at radius 3 is 3.00 bits per heavy atom. The van der Waals surface area contributed by atoms with Crippen LogP contribution in [-0.2, 0) is 0 Å². The van der Waals surface area contributed by atoms with Crippen molar-refractivity contribution in [3.05, 3.63) is 28.5 Å². The summed E-state index contributed by atoms with van der Waals surface area (Å²) < 4.78 is 8.22. The highest BCUT2D eigenvalue weighted by atomic mass is 79.9.